The number of hydrogen-bond donors (Lipinski definition) is 2. The van der Waals surface area contributed by atoms with Crippen molar-refractivity contribution < 1.29 is 4.74 Å². The van der Waals surface area contributed by atoms with Crippen LogP contribution in [0.25, 0.3) is 0 Å². The summed E-state index contributed by atoms with van der Waals surface area (Å²) >= 11 is 6.08. The molecule has 0 aliphatic heterocycles. The van der Waals surface area contributed by atoms with Crippen LogP contribution < -0.4 is 15.8 Å². The summed E-state index contributed by atoms with van der Waals surface area (Å²) in [5, 5.41) is 3.77. The quantitative estimate of drug-likeness (QED) is 0.891. The molecule has 1 aromatic carbocycles. The molecule has 5 heteroatoms. The number of benzene rings is 1. The van der Waals surface area contributed by atoms with E-state index < -0.39 is 0 Å². The Hall–Kier alpha value is -1.94. The zero-order valence-electron chi connectivity index (χ0n) is 10.9. The molecule has 3 N–H and O–H groups in total. The summed E-state index contributed by atoms with van der Waals surface area (Å²) in [7, 11) is 0. The fraction of sp³-hybridized carbons (Fsp3) is 0.214. The zero-order valence-corrected chi connectivity index (χ0v) is 11.6. The molecule has 2 rings (SSSR count). The van der Waals surface area contributed by atoms with E-state index in [2.05, 4.69) is 10.3 Å². The van der Waals surface area contributed by atoms with Crippen molar-refractivity contribution in [3.63, 3.8) is 0 Å². The smallest absolute Gasteiger partial charge is 0.239 e. The van der Waals surface area contributed by atoms with Gasteiger partial charge in [-0.15, -0.1) is 0 Å². The van der Waals surface area contributed by atoms with E-state index in [-0.39, 0.29) is 6.10 Å². The van der Waals surface area contributed by atoms with Gasteiger partial charge >= 0.3 is 0 Å². The van der Waals surface area contributed by atoms with Crippen LogP contribution in [0.3, 0.4) is 0 Å². The maximum atomic E-state index is 6.08. The Kier molecular flexibility index (Phi) is 4.12. The van der Waals surface area contributed by atoms with E-state index in [1.807, 2.05) is 38.1 Å². The monoisotopic (exact) mass is 277 g/mol. The Morgan fingerprint density at radius 3 is 2.63 bits per heavy atom. The number of nitrogen functional groups attached to an aromatic ring is 1. The highest BCUT2D eigenvalue weighted by molar-refractivity contribution is 6.33. The molecule has 100 valence electrons. The minimum Gasteiger partial charge on any atom is -0.473 e. The van der Waals surface area contributed by atoms with E-state index in [9.17, 15) is 0 Å². The first kappa shape index (κ1) is 13.5. The average Bonchev–Trinajstić information content (AvgIpc) is 2.35. The number of aromatic nitrogens is 1. The van der Waals surface area contributed by atoms with Gasteiger partial charge in [0, 0.05) is 0 Å². The highest BCUT2D eigenvalue weighted by Gasteiger charge is 2.07. The summed E-state index contributed by atoms with van der Waals surface area (Å²) < 4.78 is 5.54. The van der Waals surface area contributed by atoms with E-state index in [1.165, 1.54) is 0 Å². The van der Waals surface area contributed by atoms with Gasteiger partial charge in [-0.25, -0.2) is 0 Å². The second kappa shape index (κ2) is 5.80. The Morgan fingerprint density at radius 2 is 1.95 bits per heavy atom. The Morgan fingerprint density at radius 1 is 1.21 bits per heavy atom. The van der Waals surface area contributed by atoms with E-state index >= 15 is 0 Å². The van der Waals surface area contributed by atoms with E-state index in [0.29, 0.717) is 22.4 Å². The molecule has 0 unspecified atom stereocenters. The number of nitrogens with one attached hydrogen (secondary N) is 1. The van der Waals surface area contributed by atoms with Gasteiger partial charge in [0.25, 0.3) is 0 Å². The second-order valence-corrected chi connectivity index (χ2v) is 4.77. The Labute approximate surface area is 117 Å². The number of hydrogen-bond acceptors (Lipinski definition) is 4. The molecule has 0 saturated heterocycles. The first-order valence-electron chi connectivity index (χ1n) is 6.01. The molecular weight excluding hydrogens is 262 g/mol. The third-order valence-corrected chi connectivity index (χ3v) is 2.70. The molecule has 0 amide bonds. The largest absolute Gasteiger partial charge is 0.473 e. The lowest BCUT2D eigenvalue weighted by atomic mass is 10.3. The third kappa shape index (κ3) is 3.51. The van der Waals surface area contributed by atoms with E-state index in [1.54, 1.807) is 12.1 Å². The van der Waals surface area contributed by atoms with Crippen LogP contribution in [-0.2, 0) is 0 Å². The molecule has 0 aliphatic rings. The third-order valence-electron chi connectivity index (χ3n) is 2.37. The van der Waals surface area contributed by atoms with Gasteiger partial charge in [-0.2, -0.15) is 4.98 Å². The fourth-order valence-corrected chi connectivity index (χ4v) is 1.72. The van der Waals surface area contributed by atoms with Gasteiger partial charge in [-0.1, -0.05) is 23.7 Å². The standard InChI is InChI=1S/C14H16ClN3O/c1-9(2)19-14-11(16)7-8-13(18-14)17-12-6-4-3-5-10(12)15/h3-9H,16H2,1-2H3,(H,17,18). The molecule has 4 nitrogen and oxygen atoms in total. The molecule has 0 fully saturated rings. The van der Waals surface area contributed by atoms with Crippen LogP contribution in [0.1, 0.15) is 13.8 Å². The van der Waals surface area contributed by atoms with E-state index in [4.69, 9.17) is 22.1 Å². The predicted octanol–water partition coefficient (Wildman–Crippen LogP) is 3.85. The lowest BCUT2D eigenvalue weighted by Gasteiger charge is -2.13. The summed E-state index contributed by atoms with van der Waals surface area (Å²) in [6.45, 7) is 3.85. The van der Waals surface area contributed by atoms with Crippen molar-refractivity contribution in [2.45, 2.75) is 20.0 Å². The Bertz CT molecular complexity index is 572. The molecule has 19 heavy (non-hydrogen) atoms. The number of ether oxygens (including phenoxy) is 1. The number of pyridine rings is 1. The van der Waals surface area contributed by atoms with Crippen molar-refractivity contribution in [1.82, 2.24) is 4.98 Å². The molecule has 0 aliphatic carbocycles. The van der Waals surface area contributed by atoms with Gasteiger partial charge in [0.15, 0.2) is 0 Å². The molecule has 2 aromatic rings. The van der Waals surface area contributed by atoms with Gasteiger partial charge in [0.1, 0.15) is 5.82 Å². The summed E-state index contributed by atoms with van der Waals surface area (Å²) in [5.41, 5.74) is 7.12. The highest BCUT2D eigenvalue weighted by Crippen LogP contribution is 2.27. The van der Waals surface area contributed by atoms with Crippen molar-refractivity contribution in [1.29, 1.82) is 0 Å². The van der Waals surface area contributed by atoms with Gasteiger partial charge in [-0.3, -0.25) is 0 Å². The molecule has 0 bridgehead atoms. The summed E-state index contributed by atoms with van der Waals surface area (Å²) in [6.07, 6.45) is 0.0189. The van der Waals surface area contributed by atoms with E-state index in [0.717, 1.165) is 5.69 Å². The summed E-state index contributed by atoms with van der Waals surface area (Å²) in [4.78, 5) is 4.33. The molecular formula is C14H16ClN3O. The molecule has 1 heterocycles. The van der Waals surface area contributed by atoms with Crippen LogP contribution >= 0.6 is 11.6 Å². The van der Waals surface area contributed by atoms with Crippen molar-refractivity contribution >= 4 is 28.8 Å². The van der Waals surface area contributed by atoms with Gasteiger partial charge < -0.3 is 15.8 Å². The van der Waals surface area contributed by atoms with Gasteiger partial charge in [0.2, 0.25) is 5.88 Å². The normalized spacial score (nSPS) is 10.5. The van der Waals surface area contributed by atoms with Crippen molar-refractivity contribution in [3.8, 4) is 5.88 Å². The summed E-state index contributed by atoms with van der Waals surface area (Å²) in [6, 6.07) is 11.0. The maximum absolute atomic E-state index is 6.08. The first-order valence-corrected chi connectivity index (χ1v) is 6.39. The Balaban J connectivity index is 2.24. The SMILES string of the molecule is CC(C)Oc1nc(Nc2ccccc2Cl)ccc1N. The first-order chi connectivity index (χ1) is 9.06. The number of anilines is 3. The van der Waals surface area contributed by atoms with Gasteiger partial charge in [0.05, 0.1) is 22.5 Å². The molecule has 1 aromatic heterocycles. The number of nitrogens with zero attached hydrogens (tertiary/aromatic N) is 1. The predicted molar refractivity (Wildman–Crippen MR) is 79.1 cm³/mol. The minimum atomic E-state index is 0.0189. The number of nitrogens with two attached hydrogens (primary N) is 1. The van der Waals surface area contributed by atoms with Crippen LogP contribution in [-0.4, -0.2) is 11.1 Å². The second-order valence-electron chi connectivity index (χ2n) is 4.36. The van der Waals surface area contributed by atoms with Crippen molar-refractivity contribution in [2.24, 2.45) is 0 Å². The van der Waals surface area contributed by atoms with Crippen molar-refractivity contribution in [2.75, 3.05) is 11.1 Å². The topological polar surface area (TPSA) is 60.2 Å². The zero-order chi connectivity index (χ0) is 13.8. The molecule has 0 atom stereocenters. The van der Waals surface area contributed by atoms with Crippen molar-refractivity contribution in [3.05, 3.63) is 41.4 Å². The average molecular weight is 278 g/mol. The van der Waals surface area contributed by atoms with Crippen LogP contribution in [0, 0.1) is 0 Å². The fourth-order valence-electron chi connectivity index (χ4n) is 1.54. The number of rotatable bonds is 4. The van der Waals surface area contributed by atoms with Crippen LogP contribution in [0.4, 0.5) is 17.2 Å². The number of halogens is 1. The maximum Gasteiger partial charge on any atom is 0.239 e. The summed E-state index contributed by atoms with van der Waals surface area (Å²) in [5.74, 6) is 1.06. The van der Waals surface area contributed by atoms with Crippen LogP contribution in [0.5, 0.6) is 5.88 Å². The molecule has 0 saturated carbocycles. The lowest BCUT2D eigenvalue weighted by molar-refractivity contribution is 0.234. The lowest BCUT2D eigenvalue weighted by Crippen LogP contribution is -2.09. The molecule has 0 spiro atoms. The van der Waals surface area contributed by atoms with Crippen LogP contribution in [0.2, 0.25) is 5.02 Å². The minimum absolute atomic E-state index is 0.0189. The number of para-hydroxylation sites is 1. The van der Waals surface area contributed by atoms with Crippen LogP contribution in [0.15, 0.2) is 36.4 Å². The highest BCUT2D eigenvalue weighted by atomic mass is 35.5. The molecule has 0 radical (unpaired) electrons. The van der Waals surface area contributed by atoms with Gasteiger partial charge in [-0.05, 0) is 38.1 Å².